The summed E-state index contributed by atoms with van der Waals surface area (Å²) in [6.45, 7) is 3.13. The first-order valence-electron chi connectivity index (χ1n) is 9.24. The van der Waals surface area contributed by atoms with Crippen LogP contribution in [0.2, 0.25) is 0 Å². The maximum absolute atomic E-state index is 12.8. The third-order valence-electron chi connectivity index (χ3n) is 4.92. The smallest absolute Gasteiger partial charge is 0.286 e. The number of anilines is 2. The van der Waals surface area contributed by atoms with Gasteiger partial charge in [0, 0.05) is 30.4 Å². The number of hydrogen-bond donors (Lipinski definition) is 1. The Kier molecular flexibility index (Phi) is 4.79. The molecule has 0 unspecified atom stereocenters. The Bertz CT molecular complexity index is 1020. The summed E-state index contributed by atoms with van der Waals surface area (Å²) in [6.07, 6.45) is 1.36. The number of amides is 2. The lowest BCUT2D eigenvalue weighted by molar-refractivity contribution is -0.385. The highest BCUT2D eigenvalue weighted by Gasteiger charge is 2.27. The Morgan fingerprint density at radius 1 is 1.17 bits per heavy atom. The van der Waals surface area contributed by atoms with Crippen molar-refractivity contribution >= 4 is 28.9 Å². The van der Waals surface area contributed by atoms with Gasteiger partial charge in [-0.25, -0.2) is 0 Å². The Balaban J connectivity index is 1.60. The number of rotatable bonds is 4. The summed E-state index contributed by atoms with van der Waals surface area (Å²) in [6, 6.07) is 7.72. The highest BCUT2D eigenvalue weighted by atomic mass is 16.6. The summed E-state index contributed by atoms with van der Waals surface area (Å²) in [4.78, 5) is 37.3. The van der Waals surface area contributed by atoms with Crippen molar-refractivity contribution in [2.24, 2.45) is 0 Å². The number of nitro benzene ring substituents is 1. The number of hydrogen-bond acceptors (Lipinski definition) is 6. The van der Waals surface area contributed by atoms with Crippen molar-refractivity contribution < 1.29 is 24.0 Å². The molecule has 2 amide bonds. The molecule has 2 heterocycles. The van der Waals surface area contributed by atoms with E-state index in [0.717, 1.165) is 17.7 Å². The average molecular weight is 397 g/mol. The lowest BCUT2D eigenvalue weighted by atomic mass is 10.1. The zero-order valence-corrected chi connectivity index (χ0v) is 15.8. The minimum atomic E-state index is -0.627. The zero-order valence-electron chi connectivity index (χ0n) is 15.8. The molecule has 0 saturated carbocycles. The molecule has 0 spiro atoms. The maximum Gasteiger partial charge on any atom is 0.286 e. The molecule has 0 aliphatic carbocycles. The van der Waals surface area contributed by atoms with Gasteiger partial charge >= 0.3 is 0 Å². The van der Waals surface area contributed by atoms with Crippen LogP contribution in [0.4, 0.5) is 17.1 Å². The molecule has 0 bridgehead atoms. The third kappa shape index (κ3) is 3.58. The number of benzene rings is 2. The van der Waals surface area contributed by atoms with Gasteiger partial charge in [0.2, 0.25) is 5.91 Å². The third-order valence-corrected chi connectivity index (χ3v) is 4.92. The fraction of sp³-hybridized carbons (Fsp3) is 0.300. The van der Waals surface area contributed by atoms with Crippen LogP contribution < -0.4 is 19.7 Å². The van der Waals surface area contributed by atoms with E-state index in [4.69, 9.17) is 9.47 Å². The van der Waals surface area contributed by atoms with E-state index in [2.05, 4.69) is 5.32 Å². The second-order valence-corrected chi connectivity index (χ2v) is 6.87. The maximum atomic E-state index is 12.8. The number of carbonyl (C=O) groups excluding carboxylic acids is 2. The first kappa shape index (κ1) is 18.7. The molecule has 2 aromatic rings. The van der Waals surface area contributed by atoms with Crippen molar-refractivity contribution in [3.05, 3.63) is 51.6 Å². The monoisotopic (exact) mass is 397 g/mol. The van der Waals surface area contributed by atoms with E-state index in [0.29, 0.717) is 37.6 Å². The molecule has 1 fully saturated rings. The van der Waals surface area contributed by atoms with Crippen LogP contribution in [0, 0.1) is 17.0 Å². The van der Waals surface area contributed by atoms with Crippen molar-refractivity contribution in [1.29, 1.82) is 0 Å². The van der Waals surface area contributed by atoms with E-state index < -0.39 is 10.8 Å². The SMILES string of the molecule is Cc1cc(NC(=O)c2cc3c(cc2[N+](=O)[O-])OCCO3)ccc1N1CCCC1=O. The van der Waals surface area contributed by atoms with E-state index >= 15 is 0 Å². The molecule has 29 heavy (non-hydrogen) atoms. The van der Waals surface area contributed by atoms with Crippen LogP contribution in [0.5, 0.6) is 11.5 Å². The lowest BCUT2D eigenvalue weighted by Crippen LogP contribution is -2.24. The van der Waals surface area contributed by atoms with Gasteiger partial charge in [-0.2, -0.15) is 0 Å². The molecule has 2 aliphatic rings. The van der Waals surface area contributed by atoms with E-state index in [-0.39, 0.29) is 22.9 Å². The molecule has 2 aliphatic heterocycles. The summed E-state index contributed by atoms with van der Waals surface area (Å²) in [5.74, 6) is -0.00378. The number of nitrogens with zero attached hydrogens (tertiary/aromatic N) is 2. The Morgan fingerprint density at radius 2 is 1.90 bits per heavy atom. The van der Waals surface area contributed by atoms with Gasteiger partial charge in [-0.3, -0.25) is 19.7 Å². The van der Waals surface area contributed by atoms with E-state index in [1.54, 1.807) is 23.1 Å². The van der Waals surface area contributed by atoms with Gasteiger partial charge in [0.25, 0.3) is 11.6 Å². The predicted molar refractivity (Wildman–Crippen MR) is 105 cm³/mol. The van der Waals surface area contributed by atoms with Crippen LogP contribution in [0.15, 0.2) is 30.3 Å². The van der Waals surface area contributed by atoms with Crippen LogP contribution >= 0.6 is 0 Å². The molecule has 1 N–H and O–H groups in total. The van der Waals surface area contributed by atoms with Gasteiger partial charge in [0.1, 0.15) is 18.8 Å². The van der Waals surface area contributed by atoms with Crippen LogP contribution in [0.3, 0.4) is 0 Å². The number of carbonyl (C=O) groups is 2. The molecule has 0 atom stereocenters. The molecule has 0 aromatic heterocycles. The number of fused-ring (bicyclic) bond motifs is 1. The molecular weight excluding hydrogens is 378 g/mol. The standard InChI is InChI=1S/C20H19N3O6/c1-12-9-13(4-5-15(12)22-6-2-3-19(22)24)21-20(25)14-10-17-18(29-8-7-28-17)11-16(14)23(26)27/h4-5,9-11H,2-3,6-8H2,1H3,(H,21,25). The predicted octanol–water partition coefficient (Wildman–Crippen LogP) is 3.05. The van der Waals surface area contributed by atoms with Gasteiger partial charge in [-0.1, -0.05) is 0 Å². The van der Waals surface area contributed by atoms with Gasteiger partial charge in [-0.05, 0) is 37.1 Å². The summed E-state index contributed by atoms with van der Waals surface area (Å²) >= 11 is 0. The Hall–Kier alpha value is -3.62. The summed E-state index contributed by atoms with van der Waals surface area (Å²) < 4.78 is 10.8. The molecule has 9 heteroatoms. The summed E-state index contributed by atoms with van der Waals surface area (Å²) in [5.41, 5.74) is 1.64. The van der Waals surface area contributed by atoms with Crippen molar-refractivity contribution in [3.63, 3.8) is 0 Å². The van der Waals surface area contributed by atoms with Crippen molar-refractivity contribution in [3.8, 4) is 11.5 Å². The number of ether oxygens (including phenoxy) is 2. The molecule has 1 saturated heterocycles. The normalized spacial score (nSPS) is 15.3. The Labute approximate surface area is 166 Å². The number of nitro groups is 1. The first-order valence-corrected chi connectivity index (χ1v) is 9.24. The second kappa shape index (κ2) is 7.42. The van der Waals surface area contributed by atoms with Crippen LogP contribution in [0.25, 0.3) is 0 Å². The second-order valence-electron chi connectivity index (χ2n) is 6.87. The van der Waals surface area contributed by atoms with E-state index in [1.165, 1.54) is 12.1 Å². The fourth-order valence-corrected chi connectivity index (χ4v) is 3.55. The lowest BCUT2D eigenvalue weighted by Gasteiger charge is -2.20. The van der Waals surface area contributed by atoms with Crippen molar-refractivity contribution in [2.75, 3.05) is 30.0 Å². The first-order chi connectivity index (χ1) is 13.9. The van der Waals surface area contributed by atoms with Gasteiger partial charge in [0.05, 0.1) is 11.0 Å². The fourth-order valence-electron chi connectivity index (χ4n) is 3.55. The van der Waals surface area contributed by atoms with Crippen molar-refractivity contribution in [1.82, 2.24) is 0 Å². The largest absolute Gasteiger partial charge is 0.486 e. The van der Waals surface area contributed by atoms with Gasteiger partial charge in [0.15, 0.2) is 11.5 Å². The highest BCUT2D eigenvalue weighted by Crippen LogP contribution is 2.37. The summed E-state index contributed by atoms with van der Waals surface area (Å²) in [7, 11) is 0. The van der Waals surface area contributed by atoms with Crippen LogP contribution in [-0.2, 0) is 4.79 Å². The molecule has 9 nitrogen and oxygen atoms in total. The van der Waals surface area contributed by atoms with Crippen LogP contribution in [0.1, 0.15) is 28.8 Å². The van der Waals surface area contributed by atoms with E-state index in [9.17, 15) is 19.7 Å². The minimum Gasteiger partial charge on any atom is -0.486 e. The summed E-state index contributed by atoms with van der Waals surface area (Å²) in [5, 5.41) is 14.1. The van der Waals surface area contributed by atoms with Crippen LogP contribution in [-0.4, -0.2) is 36.5 Å². The topological polar surface area (TPSA) is 111 Å². The molecule has 150 valence electrons. The molecule has 4 rings (SSSR count). The van der Waals surface area contributed by atoms with Gasteiger partial charge in [-0.15, -0.1) is 0 Å². The molecule has 0 radical (unpaired) electrons. The number of aryl methyl sites for hydroxylation is 1. The number of nitrogens with one attached hydrogen (secondary N) is 1. The van der Waals surface area contributed by atoms with Crippen molar-refractivity contribution in [2.45, 2.75) is 19.8 Å². The van der Waals surface area contributed by atoms with E-state index in [1.807, 2.05) is 6.92 Å². The quantitative estimate of drug-likeness (QED) is 0.627. The molecular formula is C20H19N3O6. The zero-order chi connectivity index (χ0) is 20.5. The Morgan fingerprint density at radius 3 is 2.52 bits per heavy atom. The molecule has 2 aromatic carbocycles. The minimum absolute atomic E-state index is 0.0804. The average Bonchev–Trinajstić information content (AvgIpc) is 3.12. The highest BCUT2D eigenvalue weighted by molar-refractivity contribution is 6.08. The van der Waals surface area contributed by atoms with Gasteiger partial charge < -0.3 is 19.7 Å².